The molecule has 9 rings (SSSR count). The van der Waals surface area contributed by atoms with Crippen LogP contribution in [-0.4, -0.2) is 111 Å². The monoisotopic (exact) mass is 1100 g/mol. The molecule has 0 bridgehead atoms. The standard InChI is InChI=1S/C55H64N10O7S4/c1-9-33(3)64(34(4)10-2)50(67)32-76(68,69)55-59-44(29-75-55)40-16-13-37(14-17-40)25-39-12-11-23-63(28-39)54-58-45(31-74-54)42-19-18-41(27-47(42)66)72-52-60-51(61-62-52)65-35(5)24-43(36(65)6)46-30-73-53(57-46)56-22-21-38-15-20-48(70-7)49(26-38)71-8/h13-20,24,26-27,29-31,33-34,39,66H,9-12,21-23,25,28,32H2,1-8H3,(H,56,57)(H,60,61,62). The summed E-state index contributed by atoms with van der Waals surface area (Å²) in [5.74, 6) is 1.73. The van der Waals surface area contributed by atoms with Crippen LogP contribution < -0.4 is 24.4 Å². The first-order valence-corrected chi connectivity index (χ1v) is 29.8. The van der Waals surface area contributed by atoms with Crippen LogP contribution in [0.5, 0.6) is 29.0 Å². The maximum absolute atomic E-state index is 13.4. The van der Waals surface area contributed by atoms with Crippen molar-refractivity contribution in [2.75, 3.05) is 49.8 Å². The summed E-state index contributed by atoms with van der Waals surface area (Å²) in [4.78, 5) is 36.3. The van der Waals surface area contributed by atoms with Gasteiger partial charge in [0, 0.05) is 82.0 Å². The lowest BCUT2D eigenvalue weighted by molar-refractivity contribution is -0.132. The zero-order chi connectivity index (χ0) is 53.7. The largest absolute Gasteiger partial charge is 0.507 e. The van der Waals surface area contributed by atoms with Crippen molar-refractivity contribution >= 4 is 60.0 Å². The molecule has 1 aliphatic heterocycles. The van der Waals surface area contributed by atoms with Gasteiger partial charge >= 0.3 is 6.01 Å². The number of nitrogens with one attached hydrogen (secondary N) is 2. The molecular formula is C55H64N10O7S4. The molecule has 0 aliphatic carbocycles. The number of carbonyl (C=O) groups excluding carboxylic acids is 1. The predicted molar refractivity (Wildman–Crippen MR) is 302 cm³/mol. The normalized spacial score (nSPS) is 14.6. The van der Waals surface area contributed by atoms with E-state index >= 15 is 0 Å². The third kappa shape index (κ3) is 12.1. The van der Waals surface area contributed by atoms with Gasteiger partial charge in [-0.3, -0.25) is 9.36 Å². The fraction of sp³-hybridized carbons (Fsp3) is 0.382. The molecule has 3 atom stereocenters. The first-order valence-electron chi connectivity index (χ1n) is 25.5. The van der Waals surface area contributed by atoms with Gasteiger partial charge in [0.15, 0.2) is 21.8 Å². The van der Waals surface area contributed by atoms with E-state index in [4.69, 9.17) is 24.2 Å². The molecule has 400 valence electrons. The number of hydrogen-bond acceptors (Lipinski definition) is 17. The quantitative estimate of drug-likeness (QED) is 0.0578. The Morgan fingerprint density at radius 2 is 1.58 bits per heavy atom. The van der Waals surface area contributed by atoms with Gasteiger partial charge in [0.05, 0.1) is 31.3 Å². The summed E-state index contributed by atoms with van der Waals surface area (Å²) < 4.78 is 45.5. The van der Waals surface area contributed by atoms with E-state index < -0.39 is 15.6 Å². The van der Waals surface area contributed by atoms with Gasteiger partial charge in [-0.25, -0.2) is 28.5 Å². The molecule has 0 saturated carbocycles. The van der Waals surface area contributed by atoms with Crippen molar-refractivity contribution in [1.29, 1.82) is 0 Å². The number of aryl methyl sites for hydroxylation is 1. The van der Waals surface area contributed by atoms with Crippen molar-refractivity contribution in [3.8, 4) is 68.7 Å². The van der Waals surface area contributed by atoms with Crippen molar-refractivity contribution in [2.24, 2.45) is 5.92 Å². The highest BCUT2D eigenvalue weighted by atomic mass is 32.2. The summed E-state index contributed by atoms with van der Waals surface area (Å²) in [6.45, 7) is 14.4. The molecule has 1 saturated heterocycles. The number of H-pyrrole nitrogens is 1. The maximum atomic E-state index is 13.4. The summed E-state index contributed by atoms with van der Waals surface area (Å²) >= 11 is 4.17. The molecular weight excluding hydrogens is 1040 g/mol. The number of carbonyl (C=O) groups is 1. The molecule has 1 amide bonds. The topological polar surface area (TPSA) is 203 Å². The number of piperidine rings is 1. The molecule has 1 fully saturated rings. The number of aromatic amines is 1. The van der Waals surface area contributed by atoms with Crippen LogP contribution in [0.15, 0.2) is 87.2 Å². The van der Waals surface area contributed by atoms with Crippen LogP contribution in [0.3, 0.4) is 0 Å². The number of sulfone groups is 1. The third-order valence-corrected chi connectivity index (χ3v) is 18.6. The number of hydrogen-bond donors (Lipinski definition) is 3. The number of ether oxygens (including phenoxy) is 3. The van der Waals surface area contributed by atoms with Crippen LogP contribution in [0.1, 0.15) is 75.9 Å². The smallest absolute Gasteiger partial charge is 0.342 e. The van der Waals surface area contributed by atoms with E-state index in [-0.39, 0.29) is 34.1 Å². The average Bonchev–Trinajstić information content (AvgIpc) is 4.31. The second-order valence-corrected chi connectivity index (χ2v) is 23.9. The van der Waals surface area contributed by atoms with Crippen LogP contribution >= 0.6 is 34.0 Å². The molecule has 1 aliphatic rings. The fourth-order valence-corrected chi connectivity index (χ4v) is 13.6. The van der Waals surface area contributed by atoms with E-state index in [9.17, 15) is 18.3 Å². The van der Waals surface area contributed by atoms with Crippen molar-refractivity contribution in [2.45, 2.75) is 96.5 Å². The number of benzene rings is 3. The number of aromatic hydroxyl groups is 1. The zero-order valence-corrected chi connectivity index (χ0v) is 47.3. The van der Waals surface area contributed by atoms with E-state index in [1.807, 2.05) is 87.2 Å². The van der Waals surface area contributed by atoms with Gasteiger partial charge in [-0.05, 0) is 114 Å². The molecule has 76 heavy (non-hydrogen) atoms. The minimum Gasteiger partial charge on any atom is -0.507 e. The van der Waals surface area contributed by atoms with Crippen LogP contribution in [0.25, 0.3) is 39.7 Å². The highest BCUT2D eigenvalue weighted by molar-refractivity contribution is 7.94. The van der Waals surface area contributed by atoms with Crippen molar-refractivity contribution < 1.29 is 32.5 Å². The minimum atomic E-state index is -3.90. The number of phenols is 1. The lowest BCUT2D eigenvalue weighted by Crippen LogP contribution is -2.46. The van der Waals surface area contributed by atoms with E-state index in [0.717, 1.165) is 107 Å². The van der Waals surface area contributed by atoms with Gasteiger partial charge < -0.3 is 34.4 Å². The first kappa shape index (κ1) is 54.0. The molecule has 0 spiro atoms. The Labute approximate surface area is 455 Å². The number of nitrogens with zero attached hydrogens (tertiary/aromatic N) is 8. The Hall–Kier alpha value is -6.81. The molecule has 3 unspecified atom stereocenters. The first-order chi connectivity index (χ1) is 36.6. The Morgan fingerprint density at radius 3 is 2.32 bits per heavy atom. The summed E-state index contributed by atoms with van der Waals surface area (Å²) in [7, 11) is -0.637. The molecule has 21 heteroatoms. The van der Waals surface area contributed by atoms with Crippen molar-refractivity contribution in [3.05, 3.63) is 105 Å². The summed E-state index contributed by atoms with van der Waals surface area (Å²) in [5, 5.41) is 29.5. The lowest BCUT2D eigenvalue weighted by Gasteiger charge is -2.33. The predicted octanol–water partition coefficient (Wildman–Crippen LogP) is 11.4. The number of thiazole rings is 3. The molecule has 17 nitrogen and oxygen atoms in total. The number of aromatic nitrogens is 7. The van der Waals surface area contributed by atoms with Crippen LogP contribution in [0, 0.1) is 19.8 Å². The Morgan fingerprint density at radius 1 is 0.855 bits per heavy atom. The molecule has 3 N–H and O–H groups in total. The number of phenolic OH excluding ortho intramolecular Hbond substituents is 1. The van der Waals surface area contributed by atoms with Gasteiger partial charge in [-0.15, -0.1) is 39.1 Å². The Balaban J connectivity index is 0.775. The van der Waals surface area contributed by atoms with Crippen LogP contribution in [0.4, 0.5) is 10.3 Å². The fourth-order valence-electron chi connectivity index (χ4n) is 9.69. The lowest BCUT2D eigenvalue weighted by atomic mass is 9.91. The van der Waals surface area contributed by atoms with E-state index in [2.05, 4.69) is 48.6 Å². The van der Waals surface area contributed by atoms with Crippen molar-refractivity contribution in [1.82, 2.24) is 39.6 Å². The second-order valence-electron chi connectivity index (χ2n) is 19.2. The molecule has 6 heterocycles. The maximum Gasteiger partial charge on any atom is 0.342 e. The van der Waals surface area contributed by atoms with Crippen LogP contribution in [0.2, 0.25) is 0 Å². The molecule has 8 aromatic rings. The number of rotatable bonds is 22. The Bertz CT molecular complexity index is 3390. The Kier molecular flexibility index (Phi) is 16.8. The van der Waals surface area contributed by atoms with Gasteiger partial charge in [-0.1, -0.05) is 44.2 Å². The molecule has 3 aromatic carbocycles. The SMILES string of the molecule is CCC(C)N(C(=O)CS(=O)(=O)c1nc(-c2ccc(CC3CCCN(c4nc(-c5ccc(Oc6n[nH]c(-n7c(C)cc(-c8csc(NCCc9ccc(OC)c(OC)c9)n8)c7C)n6)cc5O)cs4)C3)cc2)cs1)C(C)CC. The van der Waals surface area contributed by atoms with E-state index in [1.165, 1.54) is 5.56 Å². The van der Waals surface area contributed by atoms with Gasteiger partial charge in [-0.2, -0.15) is 4.98 Å². The minimum absolute atomic E-state index is 0.0287. The summed E-state index contributed by atoms with van der Waals surface area (Å²) in [6, 6.07) is 21.3. The third-order valence-electron chi connectivity index (χ3n) is 14.0. The molecule has 0 radical (unpaired) electrons. The van der Waals surface area contributed by atoms with Gasteiger partial charge in [0.2, 0.25) is 26.0 Å². The zero-order valence-electron chi connectivity index (χ0n) is 44.0. The average molecular weight is 1110 g/mol. The molecule has 5 aromatic heterocycles. The van der Waals surface area contributed by atoms with Crippen molar-refractivity contribution in [3.63, 3.8) is 0 Å². The van der Waals surface area contributed by atoms with E-state index in [0.29, 0.717) is 52.6 Å². The highest BCUT2D eigenvalue weighted by Crippen LogP contribution is 2.38. The van der Waals surface area contributed by atoms with E-state index in [1.54, 1.807) is 65.4 Å². The van der Waals surface area contributed by atoms with Crippen LogP contribution in [-0.2, 0) is 27.5 Å². The summed E-state index contributed by atoms with van der Waals surface area (Å²) in [5.41, 5.74) is 8.72. The number of anilines is 2. The van der Waals surface area contributed by atoms with Gasteiger partial charge in [0.25, 0.3) is 0 Å². The summed E-state index contributed by atoms with van der Waals surface area (Å²) in [6.07, 6.45) is 5.28. The number of methoxy groups -OCH3 is 2. The second kappa shape index (κ2) is 23.6. The number of amides is 1. The highest BCUT2D eigenvalue weighted by Gasteiger charge is 2.31. The van der Waals surface area contributed by atoms with Gasteiger partial charge in [0.1, 0.15) is 17.3 Å².